The fourth-order valence-corrected chi connectivity index (χ4v) is 3.08. The third kappa shape index (κ3) is 4.59. The summed E-state index contributed by atoms with van der Waals surface area (Å²) in [5.41, 5.74) is 0.299. The number of hydrogen-bond acceptors (Lipinski definition) is 4. The Hall–Kier alpha value is -4.47. The van der Waals surface area contributed by atoms with E-state index >= 15 is 4.39 Å². The maximum Gasteiger partial charge on any atom is 0.275 e. The van der Waals surface area contributed by atoms with Gasteiger partial charge in [-0.05, 0) is 49.4 Å². The van der Waals surface area contributed by atoms with E-state index in [1.54, 1.807) is 19.1 Å². The predicted molar refractivity (Wildman–Crippen MR) is 115 cm³/mol. The molecule has 3 N–H and O–H groups in total. The van der Waals surface area contributed by atoms with Gasteiger partial charge in [-0.1, -0.05) is 6.07 Å². The van der Waals surface area contributed by atoms with E-state index in [4.69, 9.17) is 0 Å². The first kappa shape index (κ1) is 21.8. The number of benzene rings is 2. The van der Waals surface area contributed by atoms with Gasteiger partial charge in [0.2, 0.25) is 0 Å². The van der Waals surface area contributed by atoms with E-state index in [1.165, 1.54) is 24.4 Å². The van der Waals surface area contributed by atoms with Crippen LogP contribution in [-0.2, 0) is 0 Å². The molecule has 7 nitrogen and oxygen atoms in total. The van der Waals surface area contributed by atoms with Crippen molar-refractivity contribution in [3.05, 3.63) is 95.3 Å². The van der Waals surface area contributed by atoms with E-state index in [1.807, 2.05) is 0 Å². The van der Waals surface area contributed by atoms with Crippen LogP contribution in [0.5, 0.6) is 0 Å². The van der Waals surface area contributed by atoms with Crippen molar-refractivity contribution in [3.8, 4) is 11.1 Å². The number of hydrogen-bond donors (Lipinski definition) is 3. The van der Waals surface area contributed by atoms with Crippen molar-refractivity contribution in [2.75, 3.05) is 10.6 Å². The van der Waals surface area contributed by atoms with Crippen LogP contribution in [0, 0.1) is 24.4 Å². The number of rotatable bonds is 5. The van der Waals surface area contributed by atoms with Crippen LogP contribution < -0.4 is 10.6 Å². The lowest BCUT2D eigenvalue weighted by Crippen LogP contribution is -2.20. The minimum atomic E-state index is -1.11. The topological polar surface area (TPSA) is 99.8 Å². The third-order valence-electron chi connectivity index (χ3n) is 4.76. The highest BCUT2D eigenvalue weighted by Crippen LogP contribution is 2.27. The smallest absolute Gasteiger partial charge is 0.275 e. The Bertz CT molecular complexity index is 1340. The highest BCUT2D eigenvalue weighted by Gasteiger charge is 2.24. The first-order chi connectivity index (χ1) is 15.8. The minimum absolute atomic E-state index is 0.00415. The van der Waals surface area contributed by atoms with Gasteiger partial charge in [0.05, 0.1) is 11.9 Å². The highest BCUT2D eigenvalue weighted by atomic mass is 19.1. The Kier molecular flexibility index (Phi) is 5.90. The zero-order chi connectivity index (χ0) is 23.5. The lowest BCUT2D eigenvalue weighted by atomic mass is 10.0. The van der Waals surface area contributed by atoms with Gasteiger partial charge in [-0.2, -0.15) is 5.10 Å². The molecule has 0 fully saturated rings. The molecule has 2 aromatic carbocycles. The molecule has 0 unspecified atom stereocenters. The summed E-state index contributed by atoms with van der Waals surface area (Å²) in [5.74, 6) is -4.43. The van der Waals surface area contributed by atoms with Crippen LogP contribution in [0.25, 0.3) is 11.1 Å². The molecule has 0 saturated carbocycles. The van der Waals surface area contributed by atoms with E-state index in [2.05, 4.69) is 25.8 Å². The second kappa shape index (κ2) is 8.95. The molecule has 0 aliphatic carbocycles. The summed E-state index contributed by atoms with van der Waals surface area (Å²) in [4.78, 5) is 29.3. The number of carbonyl (C=O) groups is 2. The van der Waals surface area contributed by atoms with Gasteiger partial charge in [-0.3, -0.25) is 19.7 Å². The van der Waals surface area contributed by atoms with E-state index in [0.29, 0.717) is 16.9 Å². The fourth-order valence-electron chi connectivity index (χ4n) is 3.08. The lowest BCUT2D eigenvalue weighted by Gasteiger charge is -2.11. The number of carbonyl (C=O) groups excluding carboxylic acids is 2. The van der Waals surface area contributed by atoms with Gasteiger partial charge in [0.15, 0.2) is 0 Å². The molecule has 2 aromatic heterocycles. The zero-order valence-electron chi connectivity index (χ0n) is 17.1. The Labute approximate surface area is 185 Å². The highest BCUT2D eigenvalue weighted by molar-refractivity contribution is 6.11. The third-order valence-corrected chi connectivity index (χ3v) is 4.76. The first-order valence-corrected chi connectivity index (χ1v) is 9.66. The summed E-state index contributed by atoms with van der Waals surface area (Å²) < 4.78 is 42.6. The van der Waals surface area contributed by atoms with Gasteiger partial charge >= 0.3 is 0 Å². The fraction of sp³-hybridized carbons (Fsp3) is 0.0435. The average Bonchev–Trinajstić information content (AvgIpc) is 3.24. The normalized spacial score (nSPS) is 10.7. The van der Waals surface area contributed by atoms with E-state index in [0.717, 1.165) is 24.4 Å². The SMILES string of the molecule is Cc1ccc(-c2ccc(F)c(C(=O)Nc3cn[nH]c3C(=O)Nc3ccc(F)cc3)c2F)cn1. The molecule has 33 heavy (non-hydrogen) atoms. The molecule has 4 rings (SSSR count). The van der Waals surface area contributed by atoms with Crippen LogP contribution in [0.2, 0.25) is 0 Å². The molecule has 0 spiro atoms. The Balaban J connectivity index is 1.59. The number of amides is 2. The van der Waals surface area contributed by atoms with Gasteiger partial charge in [-0.25, -0.2) is 13.2 Å². The number of nitrogens with one attached hydrogen (secondary N) is 3. The van der Waals surface area contributed by atoms with Crippen LogP contribution in [0.4, 0.5) is 24.5 Å². The zero-order valence-corrected chi connectivity index (χ0v) is 17.1. The average molecular weight is 451 g/mol. The van der Waals surface area contributed by atoms with Crippen LogP contribution in [0.1, 0.15) is 26.5 Å². The van der Waals surface area contributed by atoms with Crippen LogP contribution >= 0.6 is 0 Å². The van der Waals surface area contributed by atoms with Crippen molar-refractivity contribution in [2.45, 2.75) is 6.92 Å². The molecule has 10 heteroatoms. The monoisotopic (exact) mass is 451 g/mol. The molecule has 166 valence electrons. The first-order valence-electron chi connectivity index (χ1n) is 9.66. The number of anilines is 2. The van der Waals surface area contributed by atoms with Gasteiger partial charge < -0.3 is 10.6 Å². The molecule has 4 aromatic rings. The number of halogens is 3. The maximum atomic E-state index is 15.1. The van der Waals surface area contributed by atoms with Gasteiger partial charge in [-0.15, -0.1) is 0 Å². The molecule has 0 aliphatic heterocycles. The minimum Gasteiger partial charge on any atom is -0.321 e. The van der Waals surface area contributed by atoms with E-state index in [-0.39, 0.29) is 16.9 Å². The molecule has 0 bridgehead atoms. The number of H-pyrrole nitrogens is 1. The Morgan fingerprint density at radius 1 is 0.879 bits per heavy atom. The lowest BCUT2D eigenvalue weighted by molar-refractivity contribution is 0.101. The molecular formula is C23H16F3N5O2. The largest absolute Gasteiger partial charge is 0.321 e. The number of aromatic nitrogens is 3. The molecule has 0 aliphatic rings. The van der Waals surface area contributed by atoms with E-state index < -0.39 is 34.8 Å². The number of aromatic amines is 1. The van der Waals surface area contributed by atoms with Crippen LogP contribution in [0.3, 0.4) is 0 Å². The van der Waals surface area contributed by atoms with Crippen molar-refractivity contribution < 1.29 is 22.8 Å². The summed E-state index contributed by atoms with van der Waals surface area (Å²) in [6.07, 6.45) is 2.54. The quantitative estimate of drug-likeness (QED) is 0.410. The van der Waals surface area contributed by atoms with Crippen molar-refractivity contribution in [2.24, 2.45) is 0 Å². The Morgan fingerprint density at radius 2 is 1.64 bits per heavy atom. The molecule has 2 amide bonds. The molecular weight excluding hydrogens is 435 g/mol. The molecule has 2 heterocycles. The number of aryl methyl sites for hydroxylation is 1. The standard InChI is InChI=1S/C23H16F3N5O2/c1-12-2-3-13(10-27-12)16-8-9-17(25)19(20(16)26)22(32)30-18-11-28-31-21(18)23(33)29-15-6-4-14(24)5-7-15/h2-11H,1H3,(H,28,31)(H,29,33)(H,30,32). The summed E-state index contributed by atoms with van der Waals surface area (Å²) in [7, 11) is 0. The van der Waals surface area contributed by atoms with Crippen LogP contribution in [0.15, 0.2) is 60.9 Å². The summed E-state index contributed by atoms with van der Waals surface area (Å²) >= 11 is 0. The predicted octanol–water partition coefficient (Wildman–Crippen LogP) is 4.70. The van der Waals surface area contributed by atoms with Crippen molar-refractivity contribution >= 4 is 23.2 Å². The molecule has 0 saturated heterocycles. The number of pyridine rings is 1. The van der Waals surface area contributed by atoms with E-state index in [9.17, 15) is 18.4 Å². The van der Waals surface area contributed by atoms with Crippen molar-refractivity contribution in [1.29, 1.82) is 0 Å². The van der Waals surface area contributed by atoms with Crippen LogP contribution in [-0.4, -0.2) is 27.0 Å². The number of nitrogens with zero attached hydrogens (tertiary/aromatic N) is 2. The molecule has 0 radical (unpaired) electrons. The van der Waals surface area contributed by atoms with Gasteiger partial charge in [0.25, 0.3) is 11.8 Å². The molecule has 0 atom stereocenters. The van der Waals surface area contributed by atoms with Gasteiger partial charge in [0.1, 0.15) is 28.7 Å². The van der Waals surface area contributed by atoms with Gasteiger partial charge in [0, 0.05) is 28.7 Å². The summed E-state index contributed by atoms with van der Waals surface area (Å²) in [6.45, 7) is 1.76. The second-order valence-corrected chi connectivity index (χ2v) is 7.05. The summed E-state index contributed by atoms with van der Waals surface area (Å²) in [6, 6.07) is 10.5. The Morgan fingerprint density at radius 3 is 2.33 bits per heavy atom. The summed E-state index contributed by atoms with van der Waals surface area (Å²) in [5, 5.41) is 10.9. The maximum absolute atomic E-state index is 15.1. The second-order valence-electron chi connectivity index (χ2n) is 7.05. The van der Waals surface area contributed by atoms with Crippen molar-refractivity contribution in [1.82, 2.24) is 15.2 Å². The van der Waals surface area contributed by atoms with Crippen molar-refractivity contribution in [3.63, 3.8) is 0 Å².